The van der Waals surface area contributed by atoms with E-state index < -0.39 is 0 Å². The van der Waals surface area contributed by atoms with E-state index in [1.165, 1.54) is 12.8 Å². The summed E-state index contributed by atoms with van der Waals surface area (Å²) < 4.78 is 0. The molecular weight excluding hydrogens is 188 g/mol. The Kier molecular flexibility index (Phi) is 3.09. The maximum atomic E-state index is 10.1. The van der Waals surface area contributed by atoms with Crippen LogP contribution in [0.1, 0.15) is 46.0 Å². The van der Waals surface area contributed by atoms with Crippen LogP contribution in [-0.2, 0) is 0 Å². The van der Waals surface area contributed by atoms with Gasteiger partial charge in [-0.25, -0.2) is 0 Å². The van der Waals surface area contributed by atoms with Crippen LogP contribution in [0, 0.1) is 23.2 Å². The Morgan fingerprint density at radius 1 is 1.33 bits per heavy atom. The summed E-state index contributed by atoms with van der Waals surface area (Å²) in [5.74, 6) is 1.50. The molecule has 2 saturated carbocycles. The van der Waals surface area contributed by atoms with Crippen molar-refractivity contribution in [1.29, 1.82) is 0 Å². The van der Waals surface area contributed by atoms with Crippen molar-refractivity contribution < 1.29 is 10.2 Å². The summed E-state index contributed by atoms with van der Waals surface area (Å²) >= 11 is 0. The van der Waals surface area contributed by atoms with Gasteiger partial charge in [-0.15, -0.1) is 0 Å². The molecule has 2 aliphatic rings. The molecule has 0 radical (unpaired) electrons. The molecule has 0 amide bonds. The molecule has 0 spiro atoms. The normalized spacial score (nSPS) is 47.6. The SMILES string of the molecule is C[C@@H](CO)[C@H]1CC[C@H]2[C@@H](O)CCC[C@]12C. The molecule has 0 bridgehead atoms. The summed E-state index contributed by atoms with van der Waals surface area (Å²) in [6.45, 7) is 4.78. The van der Waals surface area contributed by atoms with Crippen molar-refractivity contribution in [2.45, 2.75) is 52.1 Å². The number of aliphatic hydroxyl groups excluding tert-OH is 2. The summed E-state index contributed by atoms with van der Waals surface area (Å²) in [6.07, 6.45) is 5.65. The Morgan fingerprint density at radius 3 is 2.73 bits per heavy atom. The summed E-state index contributed by atoms with van der Waals surface area (Å²) in [7, 11) is 0. The third kappa shape index (κ3) is 1.72. The Bertz CT molecular complexity index is 229. The topological polar surface area (TPSA) is 40.5 Å². The lowest BCUT2D eigenvalue weighted by molar-refractivity contribution is -0.0321. The highest BCUT2D eigenvalue weighted by Gasteiger charge is 2.51. The zero-order valence-electron chi connectivity index (χ0n) is 9.95. The maximum Gasteiger partial charge on any atom is 0.0573 e. The standard InChI is InChI=1S/C13H24O2/c1-9(8-14)10-5-6-11-12(15)4-3-7-13(10,11)2/h9-12,14-15H,3-8H2,1-2H3/t9-,10+,11-,12-,13+/m0/s1. The average molecular weight is 212 g/mol. The third-order valence-electron chi connectivity index (χ3n) is 5.14. The Hall–Kier alpha value is -0.0800. The van der Waals surface area contributed by atoms with Crippen LogP contribution in [0.5, 0.6) is 0 Å². The van der Waals surface area contributed by atoms with Crippen molar-refractivity contribution >= 4 is 0 Å². The molecule has 0 saturated heterocycles. The van der Waals surface area contributed by atoms with Crippen molar-refractivity contribution in [2.24, 2.45) is 23.2 Å². The predicted octanol–water partition coefficient (Wildman–Crippen LogP) is 2.19. The number of fused-ring (bicyclic) bond motifs is 1. The minimum absolute atomic E-state index is 0.0837. The Labute approximate surface area is 92.7 Å². The van der Waals surface area contributed by atoms with E-state index in [0.717, 1.165) is 19.3 Å². The van der Waals surface area contributed by atoms with Crippen molar-refractivity contribution in [3.8, 4) is 0 Å². The first-order valence-electron chi connectivity index (χ1n) is 6.38. The van der Waals surface area contributed by atoms with Crippen LogP contribution in [0.15, 0.2) is 0 Å². The van der Waals surface area contributed by atoms with E-state index in [2.05, 4.69) is 13.8 Å². The van der Waals surface area contributed by atoms with E-state index in [-0.39, 0.29) is 6.10 Å². The second kappa shape index (κ2) is 4.06. The van der Waals surface area contributed by atoms with Gasteiger partial charge in [0.1, 0.15) is 0 Å². The van der Waals surface area contributed by atoms with Gasteiger partial charge in [0.2, 0.25) is 0 Å². The minimum atomic E-state index is -0.0837. The molecule has 2 fully saturated rings. The summed E-state index contributed by atoms with van der Waals surface area (Å²) in [6, 6.07) is 0. The van der Waals surface area contributed by atoms with E-state index in [0.29, 0.717) is 29.8 Å². The molecule has 2 N–H and O–H groups in total. The van der Waals surface area contributed by atoms with Gasteiger partial charge in [-0.1, -0.05) is 20.3 Å². The summed E-state index contributed by atoms with van der Waals surface area (Å²) in [5.41, 5.74) is 0.291. The molecule has 2 nitrogen and oxygen atoms in total. The van der Waals surface area contributed by atoms with Gasteiger partial charge in [0.25, 0.3) is 0 Å². The molecule has 2 aliphatic carbocycles. The summed E-state index contributed by atoms with van der Waals surface area (Å²) in [5, 5.41) is 19.4. The Balaban J connectivity index is 2.17. The molecule has 0 unspecified atom stereocenters. The van der Waals surface area contributed by atoms with E-state index in [1.807, 2.05) is 0 Å². The van der Waals surface area contributed by atoms with Crippen LogP contribution < -0.4 is 0 Å². The highest BCUT2D eigenvalue weighted by molar-refractivity contribution is 5.01. The molecule has 0 heterocycles. The highest BCUT2D eigenvalue weighted by Crippen LogP contribution is 2.57. The van der Waals surface area contributed by atoms with Gasteiger partial charge in [-0.3, -0.25) is 0 Å². The molecule has 0 aromatic rings. The molecule has 0 aromatic carbocycles. The van der Waals surface area contributed by atoms with E-state index in [4.69, 9.17) is 0 Å². The smallest absolute Gasteiger partial charge is 0.0573 e. The van der Waals surface area contributed by atoms with Crippen LogP contribution in [0.2, 0.25) is 0 Å². The lowest BCUT2D eigenvalue weighted by atomic mass is 9.62. The fourth-order valence-electron chi connectivity index (χ4n) is 4.25. The van der Waals surface area contributed by atoms with E-state index in [9.17, 15) is 10.2 Å². The summed E-state index contributed by atoms with van der Waals surface area (Å²) in [4.78, 5) is 0. The molecule has 5 atom stereocenters. The Morgan fingerprint density at radius 2 is 2.07 bits per heavy atom. The van der Waals surface area contributed by atoms with Gasteiger partial charge in [-0.2, -0.15) is 0 Å². The van der Waals surface area contributed by atoms with Crippen LogP contribution in [-0.4, -0.2) is 22.9 Å². The third-order valence-corrected chi connectivity index (χ3v) is 5.14. The molecule has 2 heteroatoms. The number of hydrogen-bond acceptors (Lipinski definition) is 2. The molecular formula is C13H24O2. The quantitative estimate of drug-likeness (QED) is 0.736. The van der Waals surface area contributed by atoms with Crippen molar-refractivity contribution in [1.82, 2.24) is 0 Å². The zero-order chi connectivity index (χ0) is 11.1. The zero-order valence-corrected chi connectivity index (χ0v) is 9.95. The van der Waals surface area contributed by atoms with Crippen LogP contribution in [0.3, 0.4) is 0 Å². The number of rotatable bonds is 2. The minimum Gasteiger partial charge on any atom is -0.396 e. The fraction of sp³-hybridized carbons (Fsp3) is 1.00. The second-order valence-corrected chi connectivity index (χ2v) is 5.92. The van der Waals surface area contributed by atoms with Crippen molar-refractivity contribution in [3.05, 3.63) is 0 Å². The predicted molar refractivity (Wildman–Crippen MR) is 60.4 cm³/mol. The highest BCUT2D eigenvalue weighted by atomic mass is 16.3. The van der Waals surface area contributed by atoms with E-state index >= 15 is 0 Å². The van der Waals surface area contributed by atoms with Crippen LogP contribution >= 0.6 is 0 Å². The van der Waals surface area contributed by atoms with Gasteiger partial charge < -0.3 is 10.2 Å². The van der Waals surface area contributed by atoms with Gasteiger partial charge >= 0.3 is 0 Å². The molecule has 88 valence electrons. The maximum absolute atomic E-state index is 10.1. The van der Waals surface area contributed by atoms with Gasteiger partial charge in [-0.05, 0) is 48.9 Å². The van der Waals surface area contributed by atoms with Gasteiger partial charge in [0.15, 0.2) is 0 Å². The first-order chi connectivity index (χ1) is 7.09. The van der Waals surface area contributed by atoms with Crippen LogP contribution in [0.25, 0.3) is 0 Å². The fourth-order valence-corrected chi connectivity index (χ4v) is 4.25. The van der Waals surface area contributed by atoms with Gasteiger partial charge in [0, 0.05) is 6.61 Å². The first kappa shape index (κ1) is 11.4. The average Bonchev–Trinajstić information content (AvgIpc) is 2.56. The van der Waals surface area contributed by atoms with Crippen molar-refractivity contribution in [2.75, 3.05) is 6.61 Å². The monoisotopic (exact) mass is 212 g/mol. The van der Waals surface area contributed by atoms with Crippen LogP contribution in [0.4, 0.5) is 0 Å². The molecule has 0 aliphatic heterocycles. The van der Waals surface area contributed by atoms with Gasteiger partial charge in [0.05, 0.1) is 6.10 Å². The molecule has 15 heavy (non-hydrogen) atoms. The number of hydrogen-bond donors (Lipinski definition) is 2. The lowest BCUT2D eigenvalue weighted by Crippen LogP contribution is -2.41. The van der Waals surface area contributed by atoms with Crippen molar-refractivity contribution in [3.63, 3.8) is 0 Å². The van der Waals surface area contributed by atoms with E-state index in [1.54, 1.807) is 0 Å². The molecule has 0 aromatic heterocycles. The largest absolute Gasteiger partial charge is 0.396 e. The first-order valence-corrected chi connectivity index (χ1v) is 6.38. The second-order valence-electron chi connectivity index (χ2n) is 5.92. The number of aliphatic hydroxyl groups is 2. The molecule has 2 rings (SSSR count). The lowest BCUT2D eigenvalue weighted by Gasteiger charge is -2.45.